The van der Waals surface area contributed by atoms with Crippen molar-refractivity contribution < 1.29 is 4.74 Å². The third-order valence-electron chi connectivity index (χ3n) is 3.89. The molecule has 0 aliphatic carbocycles. The van der Waals surface area contributed by atoms with Gasteiger partial charge in [-0.15, -0.1) is 0 Å². The molecule has 0 amide bonds. The number of H-pyrrole nitrogens is 1. The highest BCUT2D eigenvalue weighted by Crippen LogP contribution is 2.21. The van der Waals surface area contributed by atoms with Gasteiger partial charge < -0.3 is 9.72 Å². The number of ether oxygens (including phenoxy) is 1. The summed E-state index contributed by atoms with van der Waals surface area (Å²) in [4.78, 5) is 16.5. The van der Waals surface area contributed by atoms with Gasteiger partial charge in [-0.2, -0.15) is 4.98 Å². The molecule has 0 aliphatic heterocycles. The Labute approximate surface area is 136 Å². The van der Waals surface area contributed by atoms with Gasteiger partial charge in [-0.3, -0.25) is 0 Å². The van der Waals surface area contributed by atoms with E-state index >= 15 is 0 Å². The smallest absolute Gasteiger partial charge is 0.237 e. The number of rotatable bonds is 6. The minimum absolute atomic E-state index is 0.541. The van der Waals surface area contributed by atoms with Crippen LogP contribution < -0.4 is 4.74 Å². The summed E-state index contributed by atoms with van der Waals surface area (Å²) in [6, 6.07) is 8.72. The molecule has 0 unspecified atom stereocenters. The first-order valence-corrected chi connectivity index (χ1v) is 8.04. The minimum Gasteiger partial charge on any atom is -0.480 e. The molecule has 3 rings (SSSR count). The number of aryl methyl sites for hydroxylation is 2. The Balaban J connectivity index is 1.85. The number of hydrogen-bond acceptors (Lipinski definition) is 4. The molecule has 1 aromatic carbocycles. The molecule has 23 heavy (non-hydrogen) atoms. The van der Waals surface area contributed by atoms with Crippen molar-refractivity contribution in [2.75, 3.05) is 7.11 Å². The minimum atomic E-state index is 0.541. The summed E-state index contributed by atoms with van der Waals surface area (Å²) in [5.41, 5.74) is 4.71. The molecule has 3 aromatic rings. The lowest BCUT2D eigenvalue weighted by molar-refractivity contribution is 0.392. The molecule has 5 nitrogen and oxygen atoms in total. The van der Waals surface area contributed by atoms with Crippen molar-refractivity contribution in [3.63, 3.8) is 0 Å². The fourth-order valence-electron chi connectivity index (χ4n) is 2.64. The lowest BCUT2D eigenvalue weighted by Gasteiger charge is -2.07. The molecular weight excluding hydrogens is 288 g/mol. The summed E-state index contributed by atoms with van der Waals surface area (Å²) in [5.74, 6) is 1.35. The highest BCUT2D eigenvalue weighted by Gasteiger charge is 2.12. The Hall–Kier alpha value is -2.43. The number of benzene rings is 1. The van der Waals surface area contributed by atoms with E-state index in [-0.39, 0.29) is 0 Å². The van der Waals surface area contributed by atoms with Gasteiger partial charge in [0.2, 0.25) is 11.5 Å². The molecule has 0 saturated heterocycles. The van der Waals surface area contributed by atoms with Gasteiger partial charge in [-0.1, -0.05) is 37.6 Å². The van der Waals surface area contributed by atoms with E-state index in [4.69, 9.17) is 4.74 Å². The van der Waals surface area contributed by atoms with E-state index in [0.29, 0.717) is 23.6 Å². The molecule has 0 fully saturated rings. The van der Waals surface area contributed by atoms with Crippen LogP contribution in [-0.2, 0) is 12.8 Å². The van der Waals surface area contributed by atoms with Crippen molar-refractivity contribution in [3.05, 3.63) is 46.9 Å². The monoisotopic (exact) mass is 310 g/mol. The fraction of sp³-hybridized carbons (Fsp3) is 0.389. The standard InChI is InChI=1S/C18H22N4O/c1-4-5-6-13-7-9-14(10-8-13)11-15-18(23-3)22-17-16(21-15)19-12(2)20-17/h7-10H,4-6,11H2,1-3H3,(H,19,20,21,22). The maximum absolute atomic E-state index is 5.38. The van der Waals surface area contributed by atoms with Crippen molar-refractivity contribution in [3.8, 4) is 5.88 Å². The number of aromatic nitrogens is 4. The molecule has 2 heterocycles. The Bertz CT molecular complexity index is 793. The topological polar surface area (TPSA) is 63.7 Å². The van der Waals surface area contributed by atoms with Crippen molar-refractivity contribution >= 4 is 11.3 Å². The van der Waals surface area contributed by atoms with Crippen LogP contribution in [-0.4, -0.2) is 27.0 Å². The van der Waals surface area contributed by atoms with Crippen LogP contribution in [0.4, 0.5) is 0 Å². The molecule has 0 spiro atoms. The average molecular weight is 310 g/mol. The number of methoxy groups -OCH3 is 1. The van der Waals surface area contributed by atoms with Gasteiger partial charge in [-0.25, -0.2) is 9.97 Å². The third-order valence-corrected chi connectivity index (χ3v) is 3.89. The van der Waals surface area contributed by atoms with Gasteiger partial charge in [0.05, 0.1) is 7.11 Å². The molecule has 0 radical (unpaired) electrons. The lowest BCUT2D eigenvalue weighted by atomic mass is 10.0. The fourth-order valence-corrected chi connectivity index (χ4v) is 2.64. The normalized spacial score (nSPS) is 11.1. The number of hydrogen-bond donors (Lipinski definition) is 1. The maximum atomic E-state index is 5.38. The SMILES string of the molecule is CCCCc1ccc(Cc2nc3[nH]c(C)nc3nc2OC)cc1. The van der Waals surface area contributed by atoms with Gasteiger partial charge in [0, 0.05) is 6.42 Å². The molecule has 0 bridgehead atoms. The summed E-state index contributed by atoms with van der Waals surface area (Å²) >= 11 is 0. The van der Waals surface area contributed by atoms with E-state index in [1.807, 2.05) is 6.92 Å². The summed E-state index contributed by atoms with van der Waals surface area (Å²) in [7, 11) is 1.62. The quantitative estimate of drug-likeness (QED) is 0.755. The largest absolute Gasteiger partial charge is 0.480 e. The molecule has 1 N–H and O–H groups in total. The highest BCUT2D eigenvalue weighted by atomic mass is 16.5. The molecular formula is C18H22N4O. The number of nitrogens with zero attached hydrogens (tertiary/aromatic N) is 3. The zero-order valence-corrected chi connectivity index (χ0v) is 13.9. The van der Waals surface area contributed by atoms with E-state index in [1.165, 1.54) is 24.0 Å². The van der Waals surface area contributed by atoms with Crippen LogP contribution in [0.3, 0.4) is 0 Å². The van der Waals surface area contributed by atoms with Crippen molar-refractivity contribution in [1.29, 1.82) is 0 Å². The second kappa shape index (κ2) is 6.77. The summed E-state index contributed by atoms with van der Waals surface area (Å²) < 4.78 is 5.38. The zero-order valence-electron chi connectivity index (χ0n) is 13.9. The molecule has 0 aliphatic rings. The molecule has 0 saturated carbocycles. The van der Waals surface area contributed by atoms with Crippen LogP contribution >= 0.6 is 0 Å². The van der Waals surface area contributed by atoms with E-state index in [0.717, 1.165) is 17.9 Å². The van der Waals surface area contributed by atoms with Gasteiger partial charge >= 0.3 is 0 Å². The van der Waals surface area contributed by atoms with Crippen molar-refractivity contribution in [2.45, 2.75) is 39.5 Å². The van der Waals surface area contributed by atoms with Crippen LogP contribution in [0.1, 0.15) is 42.4 Å². The van der Waals surface area contributed by atoms with Crippen LogP contribution in [0.25, 0.3) is 11.3 Å². The number of imidazole rings is 1. The van der Waals surface area contributed by atoms with Gasteiger partial charge in [-0.05, 0) is 30.9 Å². The third kappa shape index (κ3) is 3.50. The Kier molecular flexibility index (Phi) is 4.55. The summed E-state index contributed by atoms with van der Waals surface area (Å²) in [6.45, 7) is 4.11. The summed E-state index contributed by atoms with van der Waals surface area (Å²) in [5, 5.41) is 0. The van der Waals surface area contributed by atoms with Gasteiger partial charge in [0.25, 0.3) is 0 Å². The van der Waals surface area contributed by atoms with Crippen molar-refractivity contribution in [1.82, 2.24) is 19.9 Å². The predicted molar refractivity (Wildman–Crippen MR) is 90.8 cm³/mol. The first-order valence-electron chi connectivity index (χ1n) is 8.04. The second-order valence-electron chi connectivity index (χ2n) is 5.77. The average Bonchev–Trinajstić information content (AvgIpc) is 2.92. The number of unbranched alkanes of at least 4 members (excludes halogenated alkanes) is 1. The van der Waals surface area contributed by atoms with E-state index in [2.05, 4.69) is 51.1 Å². The number of aromatic amines is 1. The van der Waals surface area contributed by atoms with Crippen molar-refractivity contribution in [2.24, 2.45) is 0 Å². The first kappa shape index (κ1) is 15.5. The Morgan fingerprint density at radius 1 is 1.04 bits per heavy atom. The summed E-state index contributed by atoms with van der Waals surface area (Å²) in [6.07, 6.45) is 4.28. The maximum Gasteiger partial charge on any atom is 0.237 e. The van der Waals surface area contributed by atoms with Crippen LogP contribution in [0.5, 0.6) is 5.88 Å². The van der Waals surface area contributed by atoms with E-state index in [9.17, 15) is 0 Å². The van der Waals surface area contributed by atoms with Gasteiger partial charge in [0.1, 0.15) is 11.5 Å². The second-order valence-corrected chi connectivity index (χ2v) is 5.77. The predicted octanol–water partition coefficient (Wildman–Crippen LogP) is 3.60. The zero-order chi connectivity index (χ0) is 16.2. The number of nitrogens with one attached hydrogen (secondary N) is 1. The van der Waals surface area contributed by atoms with Crippen LogP contribution in [0.2, 0.25) is 0 Å². The molecule has 2 aromatic heterocycles. The van der Waals surface area contributed by atoms with Crippen LogP contribution in [0, 0.1) is 6.92 Å². The van der Waals surface area contributed by atoms with Crippen LogP contribution in [0.15, 0.2) is 24.3 Å². The van der Waals surface area contributed by atoms with E-state index < -0.39 is 0 Å². The Morgan fingerprint density at radius 3 is 2.48 bits per heavy atom. The number of fused-ring (bicyclic) bond motifs is 1. The highest BCUT2D eigenvalue weighted by molar-refractivity contribution is 5.66. The lowest BCUT2D eigenvalue weighted by Crippen LogP contribution is -2.01. The van der Waals surface area contributed by atoms with E-state index in [1.54, 1.807) is 7.11 Å². The first-order chi connectivity index (χ1) is 11.2. The Morgan fingerprint density at radius 2 is 1.78 bits per heavy atom. The molecule has 5 heteroatoms. The molecule has 120 valence electrons. The molecule has 0 atom stereocenters. The van der Waals surface area contributed by atoms with Gasteiger partial charge in [0.15, 0.2) is 5.65 Å².